The molecule has 6 nitrogen and oxygen atoms in total. The molecule has 1 saturated heterocycles. The number of aryl methyl sites for hydroxylation is 1. The Labute approximate surface area is 152 Å². The molecule has 1 heterocycles. The van der Waals surface area contributed by atoms with Crippen molar-refractivity contribution in [1.29, 1.82) is 0 Å². The van der Waals surface area contributed by atoms with Gasteiger partial charge in [0.25, 0.3) is 5.91 Å². The molecule has 0 radical (unpaired) electrons. The summed E-state index contributed by atoms with van der Waals surface area (Å²) in [6, 6.07) is 5.21. The number of amides is 1. The number of aliphatic carboxylic acids is 1. The highest BCUT2D eigenvalue weighted by Crippen LogP contribution is 2.23. The molecule has 0 aliphatic carbocycles. The van der Waals surface area contributed by atoms with Crippen LogP contribution in [0, 0.1) is 6.92 Å². The lowest BCUT2D eigenvalue weighted by Gasteiger charge is -2.35. The summed E-state index contributed by atoms with van der Waals surface area (Å²) < 4.78 is 11.1. The summed E-state index contributed by atoms with van der Waals surface area (Å²) in [5.74, 6) is -0.569. The highest BCUT2D eigenvalue weighted by atomic mass is 35.5. The highest BCUT2D eigenvalue weighted by Gasteiger charge is 2.30. The predicted octanol–water partition coefficient (Wildman–Crippen LogP) is 2.90. The molecule has 2 rings (SSSR count). The van der Waals surface area contributed by atoms with Crippen molar-refractivity contribution in [3.63, 3.8) is 0 Å². The van der Waals surface area contributed by atoms with Gasteiger partial charge in [-0.15, -0.1) is 0 Å². The van der Waals surface area contributed by atoms with Crippen molar-refractivity contribution in [2.45, 2.75) is 45.3 Å². The molecular weight excluding hydrogens is 346 g/mol. The zero-order valence-electron chi connectivity index (χ0n) is 14.5. The first-order valence-electron chi connectivity index (χ1n) is 8.41. The number of nitrogens with zero attached hydrogens (tertiary/aromatic N) is 1. The summed E-state index contributed by atoms with van der Waals surface area (Å²) in [6.45, 7) is 4.87. The van der Waals surface area contributed by atoms with Crippen LogP contribution in [0.3, 0.4) is 0 Å². The summed E-state index contributed by atoms with van der Waals surface area (Å²) in [5, 5.41) is 9.60. The normalized spacial score (nSPS) is 16.3. The van der Waals surface area contributed by atoms with E-state index >= 15 is 0 Å². The highest BCUT2D eigenvalue weighted by molar-refractivity contribution is 6.31. The van der Waals surface area contributed by atoms with Crippen molar-refractivity contribution < 1.29 is 24.2 Å². The molecule has 0 spiro atoms. The molecule has 1 aliphatic rings. The molecule has 138 valence electrons. The van der Waals surface area contributed by atoms with Crippen LogP contribution in [0.15, 0.2) is 18.2 Å². The number of halogens is 1. The van der Waals surface area contributed by atoms with E-state index in [9.17, 15) is 9.59 Å². The fraction of sp³-hybridized carbons (Fsp3) is 0.556. The fourth-order valence-electron chi connectivity index (χ4n) is 2.86. The largest absolute Gasteiger partial charge is 0.481 e. The lowest BCUT2D eigenvalue weighted by molar-refractivity contribution is -0.144. The second kappa shape index (κ2) is 9.06. The summed E-state index contributed by atoms with van der Waals surface area (Å²) in [5.41, 5.74) is 0.867. The zero-order valence-corrected chi connectivity index (χ0v) is 15.3. The van der Waals surface area contributed by atoms with E-state index in [2.05, 4.69) is 0 Å². The number of hydrogen-bond acceptors (Lipinski definition) is 4. The minimum Gasteiger partial charge on any atom is -0.481 e. The van der Waals surface area contributed by atoms with Crippen molar-refractivity contribution in [3.05, 3.63) is 28.8 Å². The van der Waals surface area contributed by atoms with Crippen LogP contribution in [0.25, 0.3) is 0 Å². The van der Waals surface area contributed by atoms with Crippen LogP contribution in [0.2, 0.25) is 5.02 Å². The summed E-state index contributed by atoms with van der Waals surface area (Å²) in [7, 11) is 0. The van der Waals surface area contributed by atoms with Crippen LogP contribution >= 0.6 is 11.6 Å². The number of carboxylic acid groups (broad SMARTS) is 1. The maximum Gasteiger partial charge on any atom is 0.305 e. The van der Waals surface area contributed by atoms with Gasteiger partial charge in [-0.25, -0.2) is 0 Å². The number of carboxylic acids is 1. The molecule has 1 aromatic carbocycles. The van der Waals surface area contributed by atoms with Crippen LogP contribution in [0.1, 0.15) is 31.7 Å². The maximum atomic E-state index is 12.9. The van der Waals surface area contributed by atoms with Crippen molar-refractivity contribution in [2.75, 3.05) is 19.8 Å². The number of rotatable bonds is 7. The van der Waals surface area contributed by atoms with Gasteiger partial charge in [-0.3, -0.25) is 9.59 Å². The topological polar surface area (TPSA) is 76.1 Å². The van der Waals surface area contributed by atoms with E-state index in [-0.39, 0.29) is 24.9 Å². The second-order valence-electron chi connectivity index (χ2n) is 6.19. The Morgan fingerprint density at radius 2 is 2.08 bits per heavy atom. The maximum absolute atomic E-state index is 12.9. The van der Waals surface area contributed by atoms with Gasteiger partial charge in [0.15, 0.2) is 6.10 Å². The first kappa shape index (κ1) is 19.5. The van der Waals surface area contributed by atoms with Crippen LogP contribution in [0.4, 0.5) is 0 Å². The smallest absolute Gasteiger partial charge is 0.305 e. The van der Waals surface area contributed by atoms with E-state index in [0.29, 0.717) is 36.8 Å². The van der Waals surface area contributed by atoms with Crippen LogP contribution < -0.4 is 4.74 Å². The minimum absolute atomic E-state index is 0.0152. The average Bonchev–Trinajstić information content (AvgIpc) is 2.59. The van der Waals surface area contributed by atoms with E-state index in [1.165, 1.54) is 0 Å². The van der Waals surface area contributed by atoms with Gasteiger partial charge in [-0.2, -0.15) is 0 Å². The molecule has 0 bridgehead atoms. The molecule has 1 aliphatic heterocycles. The third kappa shape index (κ3) is 5.61. The van der Waals surface area contributed by atoms with Crippen molar-refractivity contribution in [2.24, 2.45) is 0 Å². The standard InChI is InChI=1S/C18H24ClNO5/c1-12-11-15(3-4-16(12)19)25-13(2)18(23)20(8-5-17(21)22)14-6-9-24-10-7-14/h3-4,11,13-14H,5-10H2,1-2H3,(H,21,22). The van der Waals surface area contributed by atoms with Gasteiger partial charge in [0.05, 0.1) is 6.42 Å². The molecular formula is C18H24ClNO5. The van der Waals surface area contributed by atoms with Gasteiger partial charge in [-0.1, -0.05) is 11.6 Å². The lowest BCUT2D eigenvalue weighted by atomic mass is 10.1. The minimum atomic E-state index is -0.924. The Bertz CT molecular complexity index is 615. The molecule has 25 heavy (non-hydrogen) atoms. The van der Waals surface area contributed by atoms with E-state index in [1.54, 1.807) is 30.0 Å². The number of carbonyl (C=O) groups excluding carboxylic acids is 1. The molecule has 0 saturated carbocycles. The lowest BCUT2D eigenvalue weighted by Crippen LogP contribution is -2.49. The van der Waals surface area contributed by atoms with Gasteiger partial charge in [0, 0.05) is 30.8 Å². The summed E-state index contributed by atoms with van der Waals surface area (Å²) in [6.07, 6.45) is 0.615. The first-order valence-corrected chi connectivity index (χ1v) is 8.79. The predicted molar refractivity (Wildman–Crippen MR) is 94.1 cm³/mol. The molecule has 1 aromatic rings. The third-order valence-electron chi connectivity index (χ3n) is 4.27. The molecule has 0 aromatic heterocycles. The molecule has 1 atom stereocenters. The van der Waals surface area contributed by atoms with Crippen molar-refractivity contribution in [1.82, 2.24) is 4.90 Å². The summed E-state index contributed by atoms with van der Waals surface area (Å²) in [4.78, 5) is 25.4. The molecule has 7 heteroatoms. The van der Waals surface area contributed by atoms with Gasteiger partial charge in [0.1, 0.15) is 5.75 Å². The van der Waals surface area contributed by atoms with Gasteiger partial charge >= 0.3 is 5.97 Å². The van der Waals surface area contributed by atoms with Crippen LogP contribution in [-0.4, -0.2) is 53.8 Å². The van der Waals surface area contributed by atoms with E-state index < -0.39 is 12.1 Å². The number of hydrogen-bond donors (Lipinski definition) is 1. The van der Waals surface area contributed by atoms with E-state index in [0.717, 1.165) is 5.56 Å². The fourth-order valence-corrected chi connectivity index (χ4v) is 2.98. The SMILES string of the molecule is Cc1cc(OC(C)C(=O)N(CCC(=O)O)C2CCOCC2)ccc1Cl. The Hall–Kier alpha value is -1.79. The van der Waals surface area contributed by atoms with Crippen LogP contribution in [-0.2, 0) is 14.3 Å². The molecule has 1 amide bonds. The van der Waals surface area contributed by atoms with Crippen molar-refractivity contribution in [3.8, 4) is 5.75 Å². The van der Waals surface area contributed by atoms with Gasteiger partial charge in [0.2, 0.25) is 0 Å². The van der Waals surface area contributed by atoms with Gasteiger partial charge in [-0.05, 0) is 50.5 Å². The zero-order chi connectivity index (χ0) is 18.4. The van der Waals surface area contributed by atoms with Crippen LogP contribution in [0.5, 0.6) is 5.75 Å². The number of carbonyl (C=O) groups is 2. The first-order chi connectivity index (χ1) is 11.9. The Balaban J connectivity index is 2.07. The quantitative estimate of drug-likeness (QED) is 0.799. The molecule has 1 fully saturated rings. The third-order valence-corrected chi connectivity index (χ3v) is 4.70. The molecule has 1 unspecified atom stereocenters. The van der Waals surface area contributed by atoms with E-state index in [4.69, 9.17) is 26.2 Å². The second-order valence-corrected chi connectivity index (χ2v) is 6.60. The van der Waals surface area contributed by atoms with Crippen molar-refractivity contribution >= 4 is 23.5 Å². The van der Waals surface area contributed by atoms with Gasteiger partial charge < -0.3 is 19.5 Å². The number of benzene rings is 1. The Morgan fingerprint density at radius 1 is 1.40 bits per heavy atom. The number of ether oxygens (including phenoxy) is 2. The molecule has 1 N–H and O–H groups in total. The Morgan fingerprint density at radius 3 is 2.68 bits per heavy atom. The summed E-state index contributed by atoms with van der Waals surface area (Å²) >= 11 is 6.00. The Kier molecular flexibility index (Phi) is 7.08. The monoisotopic (exact) mass is 369 g/mol. The average molecular weight is 370 g/mol. The van der Waals surface area contributed by atoms with E-state index in [1.807, 2.05) is 6.92 Å².